The summed E-state index contributed by atoms with van der Waals surface area (Å²) < 4.78 is 7.32. The molecule has 0 saturated carbocycles. The Morgan fingerprint density at radius 1 is 0.255 bits per heavy atom. The zero-order chi connectivity index (χ0) is 33.5. The normalized spacial score (nSPS) is 11.9. The van der Waals surface area contributed by atoms with Crippen molar-refractivity contribution >= 4 is 65.4 Å². The van der Waals surface area contributed by atoms with Gasteiger partial charge in [0.25, 0.3) is 0 Å². The maximum atomic E-state index is 2.50. The molecule has 0 aliphatic heterocycles. The molecule has 3 aromatic heterocycles. The van der Waals surface area contributed by atoms with Crippen LogP contribution in [-0.4, -0.2) is 13.7 Å². The first-order valence-electron chi connectivity index (χ1n) is 17.5. The van der Waals surface area contributed by atoms with Crippen molar-refractivity contribution in [3.8, 4) is 28.2 Å². The van der Waals surface area contributed by atoms with Crippen molar-refractivity contribution in [1.29, 1.82) is 0 Å². The fraction of sp³-hybridized carbons (Fsp3) is 0. The third-order valence-corrected chi connectivity index (χ3v) is 10.6. The van der Waals surface area contributed by atoms with Crippen LogP contribution in [-0.2, 0) is 0 Å². The molecule has 0 spiro atoms. The van der Waals surface area contributed by atoms with Gasteiger partial charge in [-0.15, -0.1) is 0 Å². The Morgan fingerprint density at radius 3 is 1.53 bits per heavy atom. The number of aromatic nitrogens is 3. The van der Waals surface area contributed by atoms with Gasteiger partial charge in [-0.05, 0) is 77.9 Å². The highest BCUT2D eigenvalue weighted by Gasteiger charge is 2.22. The summed E-state index contributed by atoms with van der Waals surface area (Å²) >= 11 is 0. The monoisotopic (exact) mass is 649 g/mol. The summed E-state index contributed by atoms with van der Waals surface area (Å²) in [5.74, 6) is 0. The first-order valence-corrected chi connectivity index (χ1v) is 17.5. The molecule has 0 fully saturated rings. The van der Waals surface area contributed by atoms with Gasteiger partial charge in [-0.1, -0.05) is 121 Å². The van der Waals surface area contributed by atoms with E-state index >= 15 is 0 Å². The third-order valence-electron chi connectivity index (χ3n) is 10.6. The SMILES string of the molecule is c1ccc(-c2cccc(-n3c4ccccc4c4c3ccc3c5ccccc5n(-c5ccc6c(c5)c5ccccc5n6-c5ccccc5)c34)c2)cc1. The molecule has 8 aromatic carbocycles. The predicted molar refractivity (Wildman–Crippen MR) is 215 cm³/mol. The minimum Gasteiger partial charge on any atom is -0.309 e. The molecular formula is C48H31N3. The van der Waals surface area contributed by atoms with Gasteiger partial charge in [0.2, 0.25) is 0 Å². The predicted octanol–water partition coefficient (Wildman–Crippen LogP) is 12.6. The smallest absolute Gasteiger partial charge is 0.0641 e. The van der Waals surface area contributed by atoms with Crippen LogP contribution in [0, 0.1) is 0 Å². The molecule has 238 valence electrons. The number of benzene rings is 8. The molecule has 0 aliphatic carbocycles. The molecule has 0 amide bonds. The fourth-order valence-electron chi connectivity index (χ4n) is 8.47. The first-order chi connectivity index (χ1) is 25.3. The Kier molecular flexibility index (Phi) is 5.96. The van der Waals surface area contributed by atoms with Crippen molar-refractivity contribution in [2.24, 2.45) is 0 Å². The van der Waals surface area contributed by atoms with E-state index < -0.39 is 0 Å². The average Bonchev–Trinajstić information content (AvgIpc) is 3.84. The number of hydrogen-bond donors (Lipinski definition) is 0. The van der Waals surface area contributed by atoms with Crippen LogP contribution in [0.3, 0.4) is 0 Å². The molecule has 3 heterocycles. The maximum absolute atomic E-state index is 2.50. The molecule has 51 heavy (non-hydrogen) atoms. The van der Waals surface area contributed by atoms with Crippen LogP contribution >= 0.6 is 0 Å². The topological polar surface area (TPSA) is 14.8 Å². The lowest BCUT2D eigenvalue weighted by molar-refractivity contribution is 1.17. The second-order valence-electron chi connectivity index (χ2n) is 13.4. The highest BCUT2D eigenvalue weighted by Crippen LogP contribution is 2.43. The molecule has 0 radical (unpaired) electrons. The van der Waals surface area contributed by atoms with Crippen molar-refractivity contribution in [3.05, 3.63) is 188 Å². The minimum absolute atomic E-state index is 1.15. The van der Waals surface area contributed by atoms with Gasteiger partial charge in [-0.2, -0.15) is 0 Å². The van der Waals surface area contributed by atoms with Gasteiger partial charge >= 0.3 is 0 Å². The van der Waals surface area contributed by atoms with E-state index in [1.165, 1.54) is 82.2 Å². The molecule has 3 heteroatoms. The molecule has 0 aliphatic rings. The number of nitrogens with zero attached hydrogens (tertiary/aromatic N) is 3. The number of para-hydroxylation sites is 4. The summed E-state index contributed by atoms with van der Waals surface area (Å²) in [6, 6.07) is 68.4. The van der Waals surface area contributed by atoms with Gasteiger partial charge in [0.15, 0.2) is 0 Å². The number of hydrogen-bond acceptors (Lipinski definition) is 0. The van der Waals surface area contributed by atoms with Crippen molar-refractivity contribution < 1.29 is 0 Å². The minimum atomic E-state index is 1.15. The van der Waals surface area contributed by atoms with E-state index in [1.54, 1.807) is 0 Å². The van der Waals surface area contributed by atoms with Crippen molar-refractivity contribution in [3.63, 3.8) is 0 Å². The van der Waals surface area contributed by atoms with E-state index in [-0.39, 0.29) is 0 Å². The second kappa shape index (κ2) is 10.8. The van der Waals surface area contributed by atoms with Crippen LogP contribution < -0.4 is 0 Å². The van der Waals surface area contributed by atoms with Crippen LogP contribution in [0.25, 0.3) is 93.6 Å². The van der Waals surface area contributed by atoms with Gasteiger partial charge in [0, 0.05) is 49.4 Å². The van der Waals surface area contributed by atoms with Gasteiger partial charge in [-0.3, -0.25) is 0 Å². The van der Waals surface area contributed by atoms with Gasteiger partial charge in [0.05, 0.1) is 33.1 Å². The molecule has 11 aromatic rings. The Hall–Kier alpha value is -6.84. The Morgan fingerprint density at radius 2 is 0.765 bits per heavy atom. The second-order valence-corrected chi connectivity index (χ2v) is 13.4. The lowest BCUT2D eigenvalue weighted by Crippen LogP contribution is -1.96. The molecule has 0 saturated heterocycles. The van der Waals surface area contributed by atoms with Crippen LogP contribution in [0.1, 0.15) is 0 Å². The Labute approximate surface area is 294 Å². The molecule has 0 unspecified atom stereocenters. The van der Waals surface area contributed by atoms with E-state index in [1.807, 2.05) is 0 Å². The molecule has 11 rings (SSSR count). The zero-order valence-corrected chi connectivity index (χ0v) is 27.7. The van der Waals surface area contributed by atoms with Crippen molar-refractivity contribution in [2.75, 3.05) is 0 Å². The summed E-state index contributed by atoms with van der Waals surface area (Å²) in [5, 5.41) is 7.50. The third kappa shape index (κ3) is 4.06. The number of fused-ring (bicyclic) bond motifs is 10. The van der Waals surface area contributed by atoms with E-state index in [2.05, 4.69) is 202 Å². The van der Waals surface area contributed by atoms with E-state index in [0.29, 0.717) is 0 Å². The van der Waals surface area contributed by atoms with Crippen molar-refractivity contribution in [2.45, 2.75) is 0 Å². The van der Waals surface area contributed by atoms with E-state index in [9.17, 15) is 0 Å². The lowest BCUT2D eigenvalue weighted by Gasteiger charge is -2.12. The van der Waals surface area contributed by atoms with Gasteiger partial charge < -0.3 is 13.7 Å². The van der Waals surface area contributed by atoms with Gasteiger partial charge in [-0.25, -0.2) is 0 Å². The van der Waals surface area contributed by atoms with E-state index in [0.717, 1.165) is 11.4 Å². The summed E-state index contributed by atoms with van der Waals surface area (Å²) in [4.78, 5) is 0. The largest absolute Gasteiger partial charge is 0.309 e. The molecule has 0 bridgehead atoms. The Bertz CT molecular complexity index is 3120. The van der Waals surface area contributed by atoms with Crippen LogP contribution in [0.5, 0.6) is 0 Å². The van der Waals surface area contributed by atoms with Crippen LogP contribution in [0.15, 0.2) is 188 Å². The number of rotatable bonds is 4. The fourth-order valence-corrected chi connectivity index (χ4v) is 8.47. The summed E-state index contributed by atoms with van der Waals surface area (Å²) in [6.45, 7) is 0. The molecular weight excluding hydrogens is 619 g/mol. The van der Waals surface area contributed by atoms with Crippen LogP contribution in [0.2, 0.25) is 0 Å². The van der Waals surface area contributed by atoms with E-state index in [4.69, 9.17) is 0 Å². The molecule has 0 N–H and O–H groups in total. The molecule has 0 atom stereocenters. The summed E-state index contributed by atoms with van der Waals surface area (Å²) in [7, 11) is 0. The van der Waals surface area contributed by atoms with Crippen molar-refractivity contribution in [1.82, 2.24) is 13.7 Å². The summed E-state index contributed by atoms with van der Waals surface area (Å²) in [5.41, 5.74) is 13.1. The van der Waals surface area contributed by atoms with Crippen LogP contribution in [0.4, 0.5) is 0 Å². The summed E-state index contributed by atoms with van der Waals surface area (Å²) in [6.07, 6.45) is 0. The maximum Gasteiger partial charge on any atom is 0.0641 e. The van der Waals surface area contributed by atoms with Gasteiger partial charge in [0.1, 0.15) is 0 Å². The highest BCUT2D eigenvalue weighted by atomic mass is 15.0. The average molecular weight is 650 g/mol. The quantitative estimate of drug-likeness (QED) is 0.180. The molecule has 3 nitrogen and oxygen atoms in total. The first kappa shape index (κ1) is 28.0. The zero-order valence-electron chi connectivity index (χ0n) is 27.7. The highest BCUT2D eigenvalue weighted by molar-refractivity contribution is 6.26. The standard InChI is InChI=1S/C48H31N3/c1-3-14-32(15-4-1)33-16-13-19-35(30-33)50-44-25-12-9-22-40(44)47-46(50)29-27-39-37-20-7-11-24-43(37)51(48(39)47)36-26-28-45-41(31-36)38-21-8-10-23-42(38)49(45)34-17-5-2-6-18-34/h1-31H. The lowest BCUT2D eigenvalue weighted by atomic mass is 10.1. The Balaban J connectivity index is 1.24.